The van der Waals surface area contributed by atoms with E-state index in [0.29, 0.717) is 30.3 Å². The van der Waals surface area contributed by atoms with Gasteiger partial charge in [-0.25, -0.2) is 9.18 Å². The fourth-order valence-corrected chi connectivity index (χ4v) is 2.97. The molecule has 2 aromatic carbocycles. The van der Waals surface area contributed by atoms with Gasteiger partial charge in [0.05, 0.1) is 16.1 Å². The van der Waals surface area contributed by atoms with E-state index < -0.39 is 75.9 Å². The van der Waals surface area contributed by atoms with Crippen molar-refractivity contribution in [3.8, 4) is 5.75 Å². The first-order valence-electron chi connectivity index (χ1n) is 8.78. The molecule has 1 N–H and O–H groups in total. The lowest BCUT2D eigenvalue weighted by molar-refractivity contribution is -0.153. The zero-order valence-corrected chi connectivity index (χ0v) is 17.0. The van der Waals surface area contributed by atoms with Crippen LogP contribution in [0.25, 0.3) is 5.83 Å². The maximum atomic E-state index is 14.6. The molecule has 0 aliphatic rings. The molecule has 0 aliphatic heterocycles. The molecule has 34 heavy (non-hydrogen) atoms. The van der Waals surface area contributed by atoms with E-state index in [1.54, 1.807) is 0 Å². The summed E-state index contributed by atoms with van der Waals surface area (Å²) in [4.78, 5) is 11.0. The molecule has 3 nitrogen and oxygen atoms in total. The highest BCUT2D eigenvalue weighted by atomic mass is 35.5. The van der Waals surface area contributed by atoms with Crippen molar-refractivity contribution >= 4 is 23.4 Å². The van der Waals surface area contributed by atoms with Crippen molar-refractivity contribution < 1.29 is 58.5 Å². The molecule has 1 atom stereocenters. The molecular weight excluding hydrogens is 514 g/mol. The predicted octanol–water partition coefficient (Wildman–Crippen LogP) is 7.65. The number of halogens is 11. The second-order valence-corrected chi connectivity index (χ2v) is 7.10. The number of hydrogen-bond acceptors (Lipinski definition) is 2. The number of benzene rings is 2. The monoisotopic (exact) mass is 524 g/mol. The van der Waals surface area contributed by atoms with Crippen molar-refractivity contribution in [2.24, 2.45) is 0 Å². The SMILES string of the molecule is O=C(O)c1ccc(/C(F)=C/C(c2ccc(OCC(F)(F)F)c(Cl)c2)C(F)(F)F)cc1C(F)(F)F. The van der Waals surface area contributed by atoms with Crippen LogP contribution in [-0.4, -0.2) is 30.0 Å². The molecule has 0 fully saturated rings. The van der Waals surface area contributed by atoms with Crippen LogP contribution < -0.4 is 4.74 Å². The fraction of sp³-hybridized carbons (Fsp3) is 0.250. The fourth-order valence-electron chi connectivity index (χ4n) is 2.72. The van der Waals surface area contributed by atoms with Gasteiger partial charge in [-0.1, -0.05) is 23.7 Å². The van der Waals surface area contributed by atoms with E-state index in [4.69, 9.17) is 16.7 Å². The van der Waals surface area contributed by atoms with Gasteiger partial charge >= 0.3 is 24.5 Å². The molecule has 1 unspecified atom stereocenters. The Morgan fingerprint density at radius 1 is 1.00 bits per heavy atom. The Balaban J connectivity index is 2.49. The summed E-state index contributed by atoms with van der Waals surface area (Å²) in [6.45, 7) is -1.78. The maximum absolute atomic E-state index is 14.6. The largest absolute Gasteiger partial charge is 0.483 e. The Morgan fingerprint density at radius 2 is 1.62 bits per heavy atom. The van der Waals surface area contributed by atoms with E-state index in [1.165, 1.54) is 0 Å². The van der Waals surface area contributed by atoms with Crippen molar-refractivity contribution in [3.05, 3.63) is 69.8 Å². The van der Waals surface area contributed by atoms with E-state index >= 15 is 0 Å². The molecule has 0 radical (unpaired) electrons. The average molecular weight is 525 g/mol. The molecule has 0 aliphatic carbocycles. The van der Waals surface area contributed by atoms with Gasteiger partial charge in [-0.05, 0) is 35.9 Å². The van der Waals surface area contributed by atoms with Crippen LogP contribution in [0.1, 0.15) is 33.0 Å². The number of allylic oxidation sites excluding steroid dienone is 1. The van der Waals surface area contributed by atoms with E-state index in [2.05, 4.69) is 4.74 Å². The highest BCUT2D eigenvalue weighted by Gasteiger charge is 2.41. The van der Waals surface area contributed by atoms with E-state index in [0.717, 1.165) is 0 Å². The van der Waals surface area contributed by atoms with Crippen molar-refractivity contribution in [1.82, 2.24) is 0 Å². The molecule has 2 aromatic rings. The summed E-state index contributed by atoms with van der Waals surface area (Å²) in [5, 5.41) is 8.19. The van der Waals surface area contributed by atoms with Crippen molar-refractivity contribution in [2.75, 3.05) is 6.61 Å². The number of ether oxygens (including phenoxy) is 1. The summed E-state index contributed by atoms with van der Waals surface area (Å²) in [6.07, 6.45) is -15.3. The maximum Gasteiger partial charge on any atom is 0.422 e. The Kier molecular flexibility index (Phi) is 7.80. The van der Waals surface area contributed by atoms with Crippen LogP contribution >= 0.6 is 11.6 Å². The minimum atomic E-state index is -5.24. The standard InChI is InChI=1S/C20H11ClF10O3/c21-14-6-9(2-4-16(14)34-8-18(23,24)25)12(19(26,27)28)7-15(22)10-1-3-11(17(32)33)13(5-10)20(29,30)31/h1-7,12H,8H2,(H,32,33)/b15-7-. The van der Waals surface area contributed by atoms with Gasteiger partial charge in [0.25, 0.3) is 0 Å². The summed E-state index contributed by atoms with van der Waals surface area (Å²) in [5.74, 6) is -7.13. The molecule has 0 aromatic heterocycles. The molecule has 0 amide bonds. The second-order valence-electron chi connectivity index (χ2n) is 6.69. The second kappa shape index (κ2) is 9.72. The summed E-state index contributed by atoms with van der Waals surface area (Å²) in [6, 6.07) is 2.91. The number of carboxylic acid groups (broad SMARTS) is 1. The molecular formula is C20H11ClF10O3. The molecule has 0 spiro atoms. The summed E-state index contributed by atoms with van der Waals surface area (Å²) < 4.78 is 136. The quantitative estimate of drug-likeness (QED) is 0.395. The smallest absolute Gasteiger partial charge is 0.422 e. The number of alkyl halides is 9. The van der Waals surface area contributed by atoms with Crippen molar-refractivity contribution in [1.29, 1.82) is 0 Å². The van der Waals surface area contributed by atoms with Crippen LogP contribution in [-0.2, 0) is 6.18 Å². The van der Waals surface area contributed by atoms with Gasteiger partial charge in [-0.15, -0.1) is 0 Å². The van der Waals surface area contributed by atoms with E-state index in [-0.39, 0.29) is 12.1 Å². The van der Waals surface area contributed by atoms with Gasteiger partial charge < -0.3 is 9.84 Å². The molecule has 0 heterocycles. The van der Waals surface area contributed by atoms with Gasteiger partial charge in [0, 0.05) is 5.56 Å². The van der Waals surface area contributed by atoms with Crippen LogP contribution in [0.3, 0.4) is 0 Å². The number of rotatable bonds is 6. The summed E-state index contributed by atoms with van der Waals surface area (Å²) in [7, 11) is 0. The van der Waals surface area contributed by atoms with Gasteiger partial charge in [0.15, 0.2) is 6.61 Å². The zero-order valence-electron chi connectivity index (χ0n) is 16.2. The molecule has 186 valence electrons. The first kappa shape index (κ1) is 27.3. The van der Waals surface area contributed by atoms with Crippen LogP contribution in [0.2, 0.25) is 5.02 Å². The van der Waals surface area contributed by atoms with Crippen LogP contribution in [0.15, 0.2) is 42.5 Å². The Morgan fingerprint density at radius 3 is 2.09 bits per heavy atom. The predicted molar refractivity (Wildman–Crippen MR) is 99.3 cm³/mol. The normalized spacial score (nSPS) is 14.1. The molecule has 14 heteroatoms. The van der Waals surface area contributed by atoms with Crippen molar-refractivity contribution in [3.63, 3.8) is 0 Å². The minimum Gasteiger partial charge on any atom is -0.483 e. The highest BCUT2D eigenvalue weighted by molar-refractivity contribution is 6.32. The van der Waals surface area contributed by atoms with Gasteiger partial charge in [-0.3, -0.25) is 0 Å². The van der Waals surface area contributed by atoms with Gasteiger partial charge in [0.1, 0.15) is 17.5 Å². The lowest BCUT2D eigenvalue weighted by Crippen LogP contribution is -2.20. The summed E-state index contributed by atoms with van der Waals surface area (Å²) in [5.41, 5.74) is -4.75. The zero-order chi connectivity index (χ0) is 26.1. The van der Waals surface area contributed by atoms with E-state index in [1.807, 2.05) is 0 Å². The third kappa shape index (κ3) is 7.02. The van der Waals surface area contributed by atoms with Crippen LogP contribution in [0.5, 0.6) is 5.75 Å². The third-order valence-corrected chi connectivity index (χ3v) is 4.50. The first-order valence-corrected chi connectivity index (χ1v) is 9.16. The van der Waals surface area contributed by atoms with Crippen LogP contribution in [0.4, 0.5) is 43.9 Å². The van der Waals surface area contributed by atoms with Crippen molar-refractivity contribution in [2.45, 2.75) is 24.4 Å². The molecule has 0 bridgehead atoms. The molecule has 0 saturated carbocycles. The molecule has 0 saturated heterocycles. The highest BCUT2D eigenvalue weighted by Crippen LogP contribution is 2.41. The molecule has 2 rings (SSSR count). The lowest BCUT2D eigenvalue weighted by atomic mass is 9.95. The number of carboxylic acids is 1. The summed E-state index contributed by atoms with van der Waals surface area (Å²) >= 11 is 5.67. The van der Waals surface area contributed by atoms with Crippen LogP contribution in [0, 0.1) is 0 Å². The minimum absolute atomic E-state index is 0.0454. The first-order chi connectivity index (χ1) is 15.4. The van der Waals surface area contributed by atoms with Gasteiger partial charge in [0.2, 0.25) is 0 Å². The lowest BCUT2D eigenvalue weighted by Gasteiger charge is -2.19. The Hall–Kier alpha value is -2.96. The Bertz CT molecular complexity index is 1090. The number of carbonyl (C=O) groups is 1. The third-order valence-electron chi connectivity index (χ3n) is 4.20. The van der Waals surface area contributed by atoms with E-state index in [9.17, 15) is 48.7 Å². The number of hydrogen-bond donors (Lipinski definition) is 1. The Labute approximate surface area is 189 Å². The number of aromatic carboxylic acids is 1. The average Bonchev–Trinajstić information content (AvgIpc) is 2.68. The topological polar surface area (TPSA) is 46.5 Å². The van der Waals surface area contributed by atoms with Gasteiger partial charge in [-0.2, -0.15) is 39.5 Å².